The van der Waals surface area contributed by atoms with Crippen molar-refractivity contribution in [3.63, 3.8) is 0 Å². The molecule has 1 aromatic carbocycles. The summed E-state index contributed by atoms with van der Waals surface area (Å²) in [5.74, 6) is 0.771. The van der Waals surface area contributed by atoms with Gasteiger partial charge in [-0.3, -0.25) is 4.68 Å². The average molecular weight is 403 g/mol. The Morgan fingerprint density at radius 3 is 2.67 bits per heavy atom. The van der Waals surface area contributed by atoms with Gasteiger partial charge in [-0.2, -0.15) is 14.7 Å². The Hall–Kier alpha value is -3.26. The molecule has 4 aromatic rings. The van der Waals surface area contributed by atoms with E-state index in [0.29, 0.717) is 12.6 Å². The Bertz CT molecular complexity index is 1140. The maximum Gasteiger partial charge on any atom is 0.200 e. The Morgan fingerprint density at radius 2 is 1.87 bits per heavy atom. The van der Waals surface area contributed by atoms with E-state index in [-0.39, 0.29) is 0 Å². The SMILES string of the molecule is Cc1nnc2c(NC3CCN(C)CC3)cc(-c3ccnn3Cc3ccccc3)nn12. The van der Waals surface area contributed by atoms with Gasteiger partial charge < -0.3 is 10.2 Å². The Morgan fingerprint density at radius 1 is 1.07 bits per heavy atom. The zero-order valence-corrected chi connectivity index (χ0v) is 17.4. The second-order valence-electron chi connectivity index (χ2n) is 8.01. The minimum atomic E-state index is 0.423. The van der Waals surface area contributed by atoms with E-state index in [1.165, 1.54) is 5.56 Å². The molecule has 5 rings (SSSR count). The van der Waals surface area contributed by atoms with Gasteiger partial charge in [-0.25, -0.2) is 0 Å². The molecule has 1 aliphatic heterocycles. The zero-order chi connectivity index (χ0) is 20.5. The Kier molecular flexibility index (Phi) is 4.92. The first-order valence-electron chi connectivity index (χ1n) is 10.4. The average Bonchev–Trinajstić information content (AvgIpc) is 3.37. The number of aryl methyl sites for hydroxylation is 1. The topological polar surface area (TPSA) is 76.2 Å². The van der Waals surface area contributed by atoms with Gasteiger partial charge in [0, 0.05) is 12.2 Å². The number of hydrogen-bond donors (Lipinski definition) is 1. The first kappa shape index (κ1) is 18.7. The lowest BCUT2D eigenvalue weighted by Gasteiger charge is -2.30. The van der Waals surface area contributed by atoms with Crippen molar-refractivity contribution in [3.8, 4) is 11.4 Å². The van der Waals surface area contributed by atoms with E-state index in [0.717, 1.165) is 54.5 Å². The largest absolute Gasteiger partial charge is 0.379 e. The number of fused-ring (bicyclic) bond motifs is 1. The summed E-state index contributed by atoms with van der Waals surface area (Å²) in [6.45, 7) is 4.82. The van der Waals surface area contributed by atoms with Crippen LogP contribution in [0.3, 0.4) is 0 Å². The quantitative estimate of drug-likeness (QED) is 0.553. The number of rotatable bonds is 5. The van der Waals surface area contributed by atoms with Crippen LogP contribution in [0.2, 0.25) is 0 Å². The van der Waals surface area contributed by atoms with Crippen molar-refractivity contribution in [2.45, 2.75) is 32.4 Å². The molecular weight excluding hydrogens is 376 g/mol. The molecule has 0 radical (unpaired) electrons. The molecular formula is C22H26N8. The Labute approximate surface area is 175 Å². The van der Waals surface area contributed by atoms with Crippen LogP contribution in [0.5, 0.6) is 0 Å². The highest BCUT2D eigenvalue weighted by Crippen LogP contribution is 2.26. The van der Waals surface area contributed by atoms with Crippen LogP contribution in [-0.2, 0) is 6.54 Å². The van der Waals surface area contributed by atoms with Crippen LogP contribution in [0.1, 0.15) is 24.2 Å². The minimum absolute atomic E-state index is 0.423. The van der Waals surface area contributed by atoms with Gasteiger partial charge >= 0.3 is 0 Å². The summed E-state index contributed by atoms with van der Waals surface area (Å²) in [6, 6.07) is 14.9. The van der Waals surface area contributed by atoms with Crippen molar-refractivity contribution >= 4 is 11.3 Å². The molecule has 0 unspecified atom stereocenters. The van der Waals surface area contributed by atoms with Gasteiger partial charge in [-0.15, -0.1) is 10.2 Å². The van der Waals surface area contributed by atoms with Crippen molar-refractivity contribution in [1.29, 1.82) is 0 Å². The summed E-state index contributed by atoms with van der Waals surface area (Å²) in [5.41, 5.74) is 4.77. The second-order valence-corrected chi connectivity index (χ2v) is 8.01. The summed E-state index contributed by atoms with van der Waals surface area (Å²) < 4.78 is 3.81. The highest BCUT2D eigenvalue weighted by Gasteiger charge is 2.20. The zero-order valence-electron chi connectivity index (χ0n) is 17.4. The van der Waals surface area contributed by atoms with Crippen LogP contribution in [0.25, 0.3) is 17.0 Å². The predicted octanol–water partition coefficient (Wildman–Crippen LogP) is 2.85. The van der Waals surface area contributed by atoms with Gasteiger partial charge in [0.05, 0.1) is 17.9 Å². The molecule has 30 heavy (non-hydrogen) atoms. The third-order valence-corrected chi connectivity index (χ3v) is 5.76. The van der Waals surface area contributed by atoms with Gasteiger partial charge in [-0.1, -0.05) is 30.3 Å². The summed E-state index contributed by atoms with van der Waals surface area (Å²) >= 11 is 0. The number of likely N-dealkylation sites (tertiary alicyclic amines) is 1. The van der Waals surface area contributed by atoms with Gasteiger partial charge in [0.2, 0.25) is 5.65 Å². The van der Waals surface area contributed by atoms with Crippen LogP contribution in [0.15, 0.2) is 48.7 Å². The van der Waals surface area contributed by atoms with E-state index >= 15 is 0 Å². The fourth-order valence-electron chi connectivity index (χ4n) is 4.02. The number of hydrogen-bond acceptors (Lipinski definition) is 6. The monoisotopic (exact) mass is 402 g/mol. The van der Waals surface area contributed by atoms with E-state index in [1.807, 2.05) is 46.6 Å². The number of aromatic nitrogens is 6. The molecule has 0 saturated carbocycles. The van der Waals surface area contributed by atoms with E-state index in [1.54, 1.807) is 0 Å². The molecule has 0 bridgehead atoms. The van der Waals surface area contributed by atoms with Crippen LogP contribution >= 0.6 is 0 Å². The fraction of sp³-hybridized carbons (Fsp3) is 0.364. The van der Waals surface area contributed by atoms with Crippen molar-refractivity contribution < 1.29 is 0 Å². The summed E-state index contributed by atoms with van der Waals surface area (Å²) in [7, 11) is 2.18. The summed E-state index contributed by atoms with van der Waals surface area (Å²) in [6.07, 6.45) is 4.05. The molecule has 0 spiro atoms. The molecule has 154 valence electrons. The van der Waals surface area contributed by atoms with E-state index in [9.17, 15) is 0 Å². The normalized spacial score (nSPS) is 15.7. The van der Waals surface area contributed by atoms with E-state index in [2.05, 4.69) is 50.8 Å². The number of anilines is 1. The molecule has 1 saturated heterocycles. The number of nitrogens with zero attached hydrogens (tertiary/aromatic N) is 7. The maximum atomic E-state index is 4.83. The van der Waals surface area contributed by atoms with Crippen LogP contribution < -0.4 is 5.32 Å². The van der Waals surface area contributed by atoms with Crippen LogP contribution in [0.4, 0.5) is 5.69 Å². The number of piperidine rings is 1. The third kappa shape index (κ3) is 3.66. The highest BCUT2D eigenvalue weighted by atomic mass is 15.4. The molecule has 8 nitrogen and oxygen atoms in total. The molecule has 0 atom stereocenters. The molecule has 8 heteroatoms. The number of nitrogens with one attached hydrogen (secondary N) is 1. The summed E-state index contributed by atoms with van der Waals surface area (Å²) in [5, 5.41) is 21.7. The highest BCUT2D eigenvalue weighted by molar-refractivity contribution is 5.72. The van der Waals surface area contributed by atoms with Crippen molar-refractivity contribution in [1.82, 2.24) is 34.5 Å². The van der Waals surface area contributed by atoms with Crippen molar-refractivity contribution in [2.75, 3.05) is 25.5 Å². The molecule has 1 N–H and O–H groups in total. The van der Waals surface area contributed by atoms with Crippen LogP contribution in [-0.4, -0.2) is 60.7 Å². The van der Waals surface area contributed by atoms with E-state index < -0.39 is 0 Å². The Balaban J connectivity index is 1.51. The lowest BCUT2D eigenvalue weighted by atomic mass is 10.1. The van der Waals surface area contributed by atoms with Gasteiger partial charge in [0.25, 0.3) is 0 Å². The standard InChI is InChI=1S/C22H26N8/c1-16-25-26-22-20(24-18-9-12-28(2)13-10-18)14-19(27-30(16)22)21-8-11-23-29(21)15-17-6-4-3-5-7-17/h3-8,11,14,18,24H,9-10,12-13,15H2,1-2H3. The summed E-state index contributed by atoms with van der Waals surface area (Å²) in [4.78, 5) is 2.37. The van der Waals surface area contributed by atoms with E-state index in [4.69, 9.17) is 5.10 Å². The number of benzene rings is 1. The molecule has 3 aromatic heterocycles. The predicted molar refractivity (Wildman–Crippen MR) is 116 cm³/mol. The van der Waals surface area contributed by atoms with Crippen molar-refractivity contribution in [2.24, 2.45) is 0 Å². The lowest BCUT2D eigenvalue weighted by molar-refractivity contribution is 0.264. The van der Waals surface area contributed by atoms with Crippen molar-refractivity contribution in [3.05, 3.63) is 60.0 Å². The third-order valence-electron chi connectivity index (χ3n) is 5.76. The molecule has 0 aliphatic carbocycles. The first-order valence-corrected chi connectivity index (χ1v) is 10.4. The van der Waals surface area contributed by atoms with Gasteiger partial charge in [-0.05, 0) is 57.6 Å². The van der Waals surface area contributed by atoms with Gasteiger partial charge in [0.1, 0.15) is 5.69 Å². The molecule has 1 fully saturated rings. The molecule has 4 heterocycles. The fourth-order valence-corrected chi connectivity index (χ4v) is 4.02. The molecule has 1 aliphatic rings. The maximum absolute atomic E-state index is 4.83. The first-order chi connectivity index (χ1) is 14.7. The smallest absolute Gasteiger partial charge is 0.200 e. The van der Waals surface area contributed by atoms with Crippen LogP contribution in [0, 0.1) is 6.92 Å². The molecule has 0 amide bonds. The second kappa shape index (κ2) is 7.87. The minimum Gasteiger partial charge on any atom is -0.379 e. The van der Waals surface area contributed by atoms with Gasteiger partial charge in [0.15, 0.2) is 5.82 Å². The lowest BCUT2D eigenvalue weighted by Crippen LogP contribution is -2.36.